The number of thioether (sulfide) groups is 1. The van der Waals surface area contributed by atoms with Crippen LogP contribution < -0.4 is 10.1 Å². The van der Waals surface area contributed by atoms with Crippen LogP contribution >= 0.6 is 24.0 Å². The number of aryl methyl sites for hydroxylation is 1. The van der Waals surface area contributed by atoms with Gasteiger partial charge in [0.25, 0.3) is 0 Å². The Morgan fingerprint density at radius 2 is 2.11 bits per heavy atom. The van der Waals surface area contributed by atoms with Crippen molar-refractivity contribution in [3.63, 3.8) is 0 Å². The first-order valence-corrected chi connectivity index (χ1v) is 7.55. The van der Waals surface area contributed by atoms with Gasteiger partial charge < -0.3 is 15.0 Å². The number of nitrogens with one attached hydrogen (secondary N) is 1. The number of nitrogens with zero attached hydrogens (tertiary/aromatic N) is 1. The van der Waals surface area contributed by atoms with E-state index in [4.69, 9.17) is 17.0 Å². The molecule has 1 saturated heterocycles. The molecular weight excluding hydrogens is 264 g/mol. The van der Waals surface area contributed by atoms with Crippen LogP contribution in [0, 0.1) is 6.92 Å². The SMILES string of the molecule is COc1ccc(C)cc1NC(=S)N1CCSCC1. The summed E-state index contributed by atoms with van der Waals surface area (Å²) >= 11 is 7.44. The molecule has 0 bridgehead atoms. The van der Waals surface area contributed by atoms with Crippen molar-refractivity contribution < 1.29 is 4.74 Å². The molecule has 0 saturated carbocycles. The lowest BCUT2D eigenvalue weighted by atomic mass is 10.2. The summed E-state index contributed by atoms with van der Waals surface area (Å²) in [6.07, 6.45) is 0. The molecule has 0 aliphatic carbocycles. The zero-order valence-electron chi connectivity index (χ0n) is 10.7. The number of benzene rings is 1. The Kier molecular flexibility index (Phi) is 4.72. The monoisotopic (exact) mass is 282 g/mol. The van der Waals surface area contributed by atoms with Gasteiger partial charge >= 0.3 is 0 Å². The van der Waals surface area contributed by atoms with E-state index in [-0.39, 0.29) is 0 Å². The number of rotatable bonds is 2. The van der Waals surface area contributed by atoms with E-state index in [1.165, 1.54) is 5.56 Å². The van der Waals surface area contributed by atoms with Gasteiger partial charge in [0.15, 0.2) is 5.11 Å². The molecule has 0 atom stereocenters. The van der Waals surface area contributed by atoms with Gasteiger partial charge in [-0.3, -0.25) is 0 Å². The molecule has 1 aliphatic rings. The first-order valence-electron chi connectivity index (χ1n) is 5.99. The molecule has 0 aromatic heterocycles. The van der Waals surface area contributed by atoms with Crippen molar-refractivity contribution >= 4 is 34.8 Å². The van der Waals surface area contributed by atoms with E-state index in [0.717, 1.165) is 41.1 Å². The molecule has 0 spiro atoms. The highest BCUT2D eigenvalue weighted by atomic mass is 32.2. The van der Waals surface area contributed by atoms with Crippen molar-refractivity contribution in [2.24, 2.45) is 0 Å². The van der Waals surface area contributed by atoms with E-state index in [0.29, 0.717) is 0 Å². The first kappa shape index (κ1) is 13.5. The Morgan fingerprint density at radius 3 is 2.78 bits per heavy atom. The van der Waals surface area contributed by atoms with Crippen LogP contribution in [-0.2, 0) is 0 Å². The highest BCUT2D eigenvalue weighted by Crippen LogP contribution is 2.25. The van der Waals surface area contributed by atoms with Crippen LogP contribution in [-0.4, -0.2) is 41.7 Å². The average Bonchev–Trinajstić information content (AvgIpc) is 2.40. The summed E-state index contributed by atoms with van der Waals surface area (Å²) < 4.78 is 5.34. The normalized spacial score (nSPS) is 15.3. The third-order valence-corrected chi connectivity index (χ3v) is 4.20. The average molecular weight is 282 g/mol. The van der Waals surface area contributed by atoms with Crippen LogP contribution in [0.3, 0.4) is 0 Å². The zero-order valence-corrected chi connectivity index (χ0v) is 12.4. The summed E-state index contributed by atoms with van der Waals surface area (Å²) in [5.41, 5.74) is 2.14. The van der Waals surface area contributed by atoms with Gasteiger partial charge in [-0.2, -0.15) is 11.8 Å². The number of hydrogen-bond acceptors (Lipinski definition) is 3. The van der Waals surface area contributed by atoms with Crippen LogP contribution in [0.2, 0.25) is 0 Å². The van der Waals surface area contributed by atoms with Gasteiger partial charge in [-0.25, -0.2) is 0 Å². The molecule has 18 heavy (non-hydrogen) atoms. The van der Waals surface area contributed by atoms with Crippen LogP contribution in [0.15, 0.2) is 18.2 Å². The van der Waals surface area contributed by atoms with Crippen molar-refractivity contribution in [2.45, 2.75) is 6.92 Å². The van der Waals surface area contributed by atoms with Crippen molar-refractivity contribution in [2.75, 3.05) is 37.0 Å². The second-order valence-electron chi connectivity index (χ2n) is 4.23. The van der Waals surface area contributed by atoms with Crippen LogP contribution in [0.1, 0.15) is 5.56 Å². The Bertz CT molecular complexity index is 431. The van der Waals surface area contributed by atoms with Crippen molar-refractivity contribution in [1.29, 1.82) is 0 Å². The van der Waals surface area contributed by atoms with Gasteiger partial charge in [-0.15, -0.1) is 0 Å². The third-order valence-electron chi connectivity index (χ3n) is 2.89. The third kappa shape index (κ3) is 3.29. The topological polar surface area (TPSA) is 24.5 Å². The van der Waals surface area contributed by atoms with Crippen LogP contribution in [0.5, 0.6) is 5.75 Å². The van der Waals surface area contributed by atoms with Crippen molar-refractivity contribution in [3.8, 4) is 5.75 Å². The predicted octanol–water partition coefficient (Wildman–Crippen LogP) is 2.75. The molecule has 0 amide bonds. The van der Waals surface area contributed by atoms with Crippen LogP contribution in [0.4, 0.5) is 5.69 Å². The molecule has 1 aromatic carbocycles. The smallest absolute Gasteiger partial charge is 0.173 e. The van der Waals surface area contributed by atoms with E-state index in [1.54, 1.807) is 7.11 Å². The van der Waals surface area contributed by atoms with Crippen molar-refractivity contribution in [1.82, 2.24) is 4.90 Å². The number of methoxy groups -OCH3 is 1. The molecule has 1 heterocycles. The fraction of sp³-hybridized carbons (Fsp3) is 0.462. The molecule has 1 fully saturated rings. The Morgan fingerprint density at radius 1 is 1.39 bits per heavy atom. The minimum Gasteiger partial charge on any atom is -0.495 e. The minimum absolute atomic E-state index is 0.791. The van der Waals surface area contributed by atoms with Gasteiger partial charge in [0, 0.05) is 24.6 Å². The molecule has 0 radical (unpaired) electrons. The minimum atomic E-state index is 0.791. The fourth-order valence-electron chi connectivity index (χ4n) is 1.88. The summed E-state index contributed by atoms with van der Waals surface area (Å²) in [6.45, 7) is 4.10. The molecule has 0 unspecified atom stereocenters. The van der Waals surface area contributed by atoms with E-state index in [2.05, 4.69) is 23.2 Å². The first-order chi connectivity index (χ1) is 8.70. The summed E-state index contributed by atoms with van der Waals surface area (Å²) in [7, 11) is 1.68. The lowest BCUT2D eigenvalue weighted by molar-refractivity contribution is 0.416. The maximum absolute atomic E-state index is 5.46. The van der Waals surface area contributed by atoms with Crippen molar-refractivity contribution in [3.05, 3.63) is 23.8 Å². The standard InChI is InChI=1S/C13H18N2OS2/c1-10-3-4-12(16-2)11(9-10)14-13(17)15-5-7-18-8-6-15/h3-4,9H,5-8H2,1-2H3,(H,14,17). The maximum atomic E-state index is 5.46. The Hall–Kier alpha value is -0.940. The highest BCUT2D eigenvalue weighted by Gasteiger charge is 2.14. The molecule has 98 valence electrons. The lowest BCUT2D eigenvalue weighted by Crippen LogP contribution is -2.40. The fourth-order valence-corrected chi connectivity index (χ4v) is 3.08. The quantitative estimate of drug-likeness (QED) is 0.841. The summed E-state index contributed by atoms with van der Waals surface area (Å²) in [5.74, 6) is 3.12. The number of anilines is 1. The van der Waals surface area contributed by atoms with E-state index in [1.807, 2.05) is 23.9 Å². The van der Waals surface area contributed by atoms with Crippen LogP contribution in [0.25, 0.3) is 0 Å². The Labute approximate surface area is 118 Å². The van der Waals surface area contributed by atoms with E-state index < -0.39 is 0 Å². The number of thiocarbonyl (C=S) groups is 1. The zero-order chi connectivity index (χ0) is 13.0. The molecular formula is C13H18N2OS2. The Balaban J connectivity index is 2.07. The number of ether oxygens (including phenoxy) is 1. The maximum Gasteiger partial charge on any atom is 0.173 e. The van der Waals surface area contributed by atoms with Gasteiger partial charge in [-0.1, -0.05) is 6.07 Å². The summed E-state index contributed by atoms with van der Waals surface area (Å²) in [6, 6.07) is 6.06. The van der Waals surface area contributed by atoms with Gasteiger partial charge in [0.2, 0.25) is 0 Å². The van der Waals surface area contributed by atoms with Gasteiger partial charge in [0.1, 0.15) is 5.75 Å². The van der Waals surface area contributed by atoms with Gasteiger partial charge in [-0.05, 0) is 36.8 Å². The van der Waals surface area contributed by atoms with E-state index >= 15 is 0 Å². The lowest BCUT2D eigenvalue weighted by Gasteiger charge is -2.29. The van der Waals surface area contributed by atoms with Gasteiger partial charge in [0.05, 0.1) is 12.8 Å². The molecule has 3 nitrogen and oxygen atoms in total. The second kappa shape index (κ2) is 6.29. The molecule has 1 N–H and O–H groups in total. The highest BCUT2D eigenvalue weighted by molar-refractivity contribution is 7.99. The predicted molar refractivity (Wildman–Crippen MR) is 82.8 cm³/mol. The second-order valence-corrected chi connectivity index (χ2v) is 5.84. The largest absolute Gasteiger partial charge is 0.495 e. The molecule has 1 aliphatic heterocycles. The molecule has 1 aromatic rings. The number of hydrogen-bond donors (Lipinski definition) is 1. The molecule has 2 rings (SSSR count). The van der Waals surface area contributed by atoms with E-state index in [9.17, 15) is 0 Å². The summed E-state index contributed by atoms with van der Waals surface area (Å²) in [4.78, 5) is 2.22. The summed E-state index contributed by atoms with van der Waals surface area (Å²) in [5, 5.41) is 4.09. The molecule has 5 heteroatoms.